The number of halogens is 3. The summed E-state index contributed by atoms with van der Waals surface area (Å²) in [5, 5.41) is 17.4. The van der Waals surface area contributed by atoms with E-state index in [0.29, 0.717) is 11.2 Å². The van der Waals surface area contributed by atoms with Crippen LogP contribution in [-0.4, -0.2) is 45.6 Å². The molecule has 0 amide bonds. The SMILES string of the molecule is Brc1ccc(N(c2ccc(Br)cc2)c2ccc(Br)cc2)cc1.COc1ccc(-c2ccc(N(c3ccc(-c4ccc(OC)cc4)cc3)c3ccc(-c4ccc(OC)cc4)cc3)cc2)cc1.COc1ccc(B(O)O)cc1. The average Bonchev–Trinajstić information content (AvgIpc) is 3.48. The van der Waals surface area contributed by atoms with Gasteiger partial charge in [-0.1, -0.05) is 133 Å². The molecule has 2 N–H and O–H groups in total. The van der Waals surface area contributed by atoms with Gasteiger partial charge >= 0.3 is 7.12 Å². The van der Waals surface area contributed by atoms with Crippen molar-refractivity contribution in [3.63, 3.8) is 0 Å². The Bertz CT molecular complexity index is 3030. The van der Waals surface area contributed by atoms with Gasteiger partial charge in [-0.05, 0) is 197 Å². The van der Waals surface area contributed by atoms with Gasteiger partial charge in [0.25, 0.3) is 0 Å². The first kappa shape index (κ1) is 54.7. The predicted octanol–water partition coefficient (Wildman–Crippen LogP) is 17.0. The monoisotopic (exact) mass is 1190 g/mol. The highest BCUT2D eigenvalue weighted by atomic mass is 79.9. The summed E-state index contributed by atoms with van der Waals surface area (Å²) in [7, 11) is 5.22. The summed E-state index contributed by atoms with van der Waals surface area (Å²) in [6, 6.07) is 82.0. The van der Waals surface area contributed by atoms with Crippen molar-refractivity contribution in [2.75, 3.05) is 38.2 Å². The van der Waals surface area contributed by atoms with Crippen LogP contribution >= 0.6 is 47.8 Å². The maximum atomic E-state index is 8.70. The van der Waals surface area contributed by atoms with Crippen molar-refractivity contribution in [2.24, 2.45) is 0 Å². The normalized spacial score (nSPS) is 10.4. The van der Waals surface area contributed by atoms with Gasteiger partial charge in [-0.3, -0.25) is 0 Å². The molecule has 0 aliphatic heterocycles. The highest BCUT2D eigenvalue weighted by molar-refractivity contribution is 9.11. The van der Waals surface area contributed by atoms with Gasteiger partial charge < -0.3 is 38.8 Å². The minimum atomic E-state index is -1.40. The second-order valence-electron chi connectivity index (χ2n) is 17.1. The molecule has 12 heteroatoms. The highest BCUT2D eigenvalue weighted by Gasteiger charge is 2.16. The number of methoxy groups -OCH3 is 4. The number of ether oxygens (including phenoxy) is 4. The summed E-state index contributed by atoms with van der Waals surface area (Å²) in [5.74, 6) is 3.25. The van der Waals surface area contributed by atoms with E-state index in [0.717, 1.165) is 98.2 Å². The van der Waals surface area contributed by atoms with Crippen LogP contribution in [0.25, 0.3) is 33.4 Å². The van der Waals surface area contributed by atoms with Crippen LogP contribution in [0.3, 0.4) is 0 Å². The van der Waals surface area contributed by atoms with Gasteiger partial charge in [0.1, 0.15) is 23.0 Å². The summed E-state index contributed by atoms with van der Waals surface area (Å²) in [5.41, 5.74) is 13.9. The van der Waals surface area contributed by atoms with Crippen molar-refractivity contribution in [1.29, 1.82) is 0 Å². The lowest BCUT2D eigenvalue weighted by Gasteiger charge is -2.26. The fraction of sp³-hybridized carbons (Fsp3) is 0.0625. The summed E-state index contributed by atoms with van der Waals surface area (Å²) in [6.45, 7) is 0. The number of hydrogen-bond donors (Lipinski definition) is 2. The molecule has 0 aliphatic rings. The molecule has 0 unspecified atom stereocenters. The number of nitrogens with zero attached hydrogens (tertiary/aromatic N) is 2. The molecule has 10 aromatic carbocycles. The van der Waals surface area contributed by atoms with E-state index < -0.39 is 7.12 Å². The molecule has 10 rings (SSSR count). The quantitative estimate of drug-likeness (QED) is 0.104. The molecule has 8 nitrogen and oxygen atoms in total. The van der Waals surface area contributed by atoms with Crippen LogP contribution in [0, 0.1) is 0 Å². The van der Waals surface area contributed by atoms with E-state index in [1.54, 1.807) is 52.7 Å². The number of hydrogen-bond acceptors (Lipinski definition) is 8. The topological polar surface area (TPSA) is 83.9 Å². The van der Waals surface area contributed by atoms with Crippen LogP contribution in [-0.2, 0) is 0 Å². The second kappa shape index (κ2) is 26.8. The zero-order chi connectivity index (χ0) is 53.4. The van der Waals surface area contributed by atoms with E-state index in [4.69, 9.17) is 29.0 Å². The van der Waals surface area contributed by atoms with Crippen LogP contribution < -0.4 is 34.2 Å². The molecule has 76 heavy (non-hydrogen) atoms. The van der Waals surface area contributed by atoms with Crippen LogP contribution in [0.5, 0.6) is 23.0 Å². The molecule has 0 aromatic heterocycles. The van der Waals surface area contributed by atoms with Crippen LogP contribution in [0.4, 0.5) is 34.1 Å². The zero-order valence-electron chi connectivity index (χ0n) is 42.2. The van der Waals surface area contributed by atoms with Crippen molar-refractivity contribution in [2.45, 2.75) is 0 Å². The molecule has 0 atom stereocenters. The van der Waals surface area contributed by atoms with E-state index in [-0.39, 0.29) is 0 Å². The molecule has 10 aromatic rings. The Morgan fingerprint density at radius 3 is 0.618 bits per heavy atom. The molecule has 0 spiro atoms. The van der Waals surface area contributed by atoms with E-state index in [1.165, 1.54) is 0 Å². The summed E-state index contributed by atoms with van der Waals surface area (Å²) in [4.78, 5) is 4.51. The van der Waals surface area contributed by atoms with Gasteiger partial charge in [0, 0.05) is 47.5 Å². The van der Waals surface area contributed by atoms with Crippen LogP contribution in [0.15, 0.2) is 256 Å². The van der Waals surface area contributed by atoms with Gasteiger partial charge in [-0.25, -0.2) is 0 Å². The maximum Gasteiger partial charge on any atom is 0.488 e. The Hall–Kier alpha value is -7.58. The molecule has 0 radical (unpaired) electrons. The van der Waals surface area contributed by atoms with Gasteiger partial charge in [0.2, 0.25) is 0 Å². The summed E-state index contributed by atoms with van der Waals surface area (Å²) >= 11 is 10.5. The largest absolute Gasteiger partial charge is 0.497 e. The summed E-state index contributed by atoms with van der Waals surface area (Å²) in [6.07, 6.45) is 0. The third-order valence-corrected chi connectivity index (χ3v) is 13.9. The number of rotatable bonds is 14. The molecule has 0 bridgehead atoms. The van der Waals surface area contributed by atoms with Gasteiger partial charge in [0.15, 0.2) is 0 Å². The lowest BCUT2D eigenvalue weighted by atomic mass is 9.80. The number of benzene rings is 10. The Kier molecular flexibility index (Phi) is 19.3. The third kappa shape index (κ3) is 14.4. The molecule has 0 heterocycles. The maximum absolute atomic E-state index is 8.70. The Balaban J connectivity index is 0.000000191. The zero-order valence-corrected chi connectivity index (χ0v) is 47.0. The van der Waals surface area contributed by atoms with Crippen molar-refractivity contribution >= 4 is 94.5 Å². The Morgan fingerprint density at radius 2 is 0.434 bits per heavy atom. The van der Waals surface area contributed by atoms with Crippen LogP contribution in [0.1, 0.15) is 0 Å². The Morgan fingerprint density at radius 1 is 0.263 bits per heavy atom. The number of anilines is 6. The lowest BCUT2D eigenvalue weighted by Crippen LogP contribution is -2.29. The molecular weight excluding hydrogens is 1140 g/mol. The molecule has 0 saturated carbocycles. The summed E-state index contributed by atoms with van der Waals surface area (Å²) < 4.78 is 24.1. The van der Waals surface area contributed by atoms with E-state index in [2.05, 4.69) is 240 Å². The Labute approximate surface area is 470 Å². The molecule has 0 fully saturated rings. The third-order valence-electron chi connectivity index (χ3n) is 12.3. The first-order valence-electron chi connectivity index (χ1n) is 24.1. The van der Waals surface area contributed by atoms with Crippen LogP contribution in [0.2, 0.25) is 0 Å². The van der Waals surface area contributed by atoms with Crippen molar-refractivity contribution in [3.05, 3.63) is 256 Å². The van der Waals surface area contributed by atoms with E-state index in [1.807, 2.05) is 36.4 Å². The fourth-order valence-electron chi connectivity index (χ4n) is 8.20. The standard InChI is InChI=1S/C39H33NO3.C18H12Br3N.C7H9BO3/c1-41-37-22-10-31(11-23-37)28-4-16-34(17-5-28)40(35-18-6-29(7-19-35)32-12-24-38(42-2)25-13-32)36-20-8-30(9-21-36)33-14-26-39(43-3)27-15-33;19-13-1-7-16(8-2-13)22(17-9-3-14(20)4-10-17)18-11-5-15(21)6-12-18;1-11-7-4-2-6(3-5-7)8(9)10/h4-27H,1-3H3;1-12H;2-5,9-10H,1H3. The van der Waals surface area contributed by atoms with Gasteiger partial charge in [0.05, 0.1) is 28.4 Å². The van der Waals surface area contributed by atoms with Gasteiger partial charge in [-0.2, -0.15) is 0 Å². The smallest absolute Gasteiger partial charge is 0.488 e. The van der Waals surface area contributed by atoms with E-state index >= 15 is 0 Å². The molecule has 380 valence electrons. The van der Waals surface area contributed by atoms with Crippen molar-refractivity contribution < 1.29 is 29.0 Å². The second-order valence-corrected chi connectivity index (χ2v) is 19.8. The molecule has 0 saturated heterocycles. The highest BCUT2D eigenvalue weighted by Crippen LogP contribution is 2.39. The average molecular weight is 1200 g/mol. The van der Waals surface area contributed by atoms with Crippen molar-refractivity contribution in [1.82, 2.24) is 0 Å². The predicted molar refractivity (Wildman–Crippen MR) is 324 cm³/mol. The minimum absolute atomic E-state index is 0.464. The molecule has 0 aliphatic carbocycles. The first-order chi connectivity index (χ1) is 37.0. The van der Waals surface area contributed by atoms with Gasteiger partial charge in [-0.15, -0.1) is 0 Å². The lowest BCUT2D eigenvalue weighted by molar-refractivity contribution is 0.414. The minimum Gasteiger partial charge on any atom is -0.497 e. The first-order valence-corrected chi connectivity index (χ1v) is 26.5. The fourth-order valence-corrected chi connectivity index (χ4v) is 8.99. The van der Waals surface area contributed by atoms with Crippen molar-refractivity contribution in [3.8, 4) is 56.4 Å². The molecular formula is C64H54BBr3N2O6. The van der Waals surface area contributed by atoms with E-state index in [9.17, 15) is 0 Å².